The molecule has 4 aromatic rings. The lowest BCUT2D eigenvalue weighted by molar-refractivity contribution is 0.227. The smallest absolute Gasteiger partial charge is 0.162 e. The third-order valence-electron chi connectivity index (χ3n) is 5.83. The highest BCUT2D eigenvalue weighted by molar-refractivity contribution is 9.10. The molecule has 37 heavy (non-hydrogen) atoms. The average Bonchev–Trinajstić information content (AvgIpc) is 2.95. The predicted molar refractivity (Wildman–Crippen MR) is 149 cm³/mol. The second-order valence-electron chi connectivity index (χ2n) is 8.40. The second kappa shape index (κ2) is 13.1. The first kappa shape index (κ1) is 26.5. The van der Waals surface area contributed by atoms with Crippen molar-refractivity contribution in [1.82, 2.24) is 0 Å². The summed E-state index contributed by atoms with van der Waals surface area (Å²) in [6.07, 6.45) is 2.55. The van der Waals surface area contributed by atoms with Gasteiger partial charge in [-0.25, -0.2) is 0 Å². The van der Waals surface area contributed by atoms with E-state index < -0.39 is 6.10 Å². The number of ether oxygens (including phenoxy) is 3. The van der Waals surface area contributed by atoms with E-state index in [0.717, 1.165) is 16.7 Å². The first-order chi connectivity index (χ1) is 18.1. The molecule has 0 saturated heterocycles. The Hall–Kier alpha value is -3.58. The highest BCUT2D eigenvalue weighted by Crippen LogP contribution is 2.37. The fourth-order valence-corrected chi connectivity index (χ4v) is 4.35. The van der Waals surface area contributed by atoms with E-state index in [9.17, 15) is 10.2 Å². The van der Waals surface area contributed by atoms with Crippen molar-refractivity contribution in [2.45, 2.75) is 25.9 Å². The molecule has 0 aliphatic heterocycles. The number of aliphatic hydroxyl groups is 2. The van der Waals surface area contributed by atoms with Crippen molar-refractivity contribution >= 4 is 22.0 Å². The van der Waals surface area contributed by atoms with Gasteiger partial charge in [0, 0.05) is 10.0 Å². The first-order valence-electron chi connectivity index (χ1n) is 11.9. The molecule has 2 N–H and O–H groups in total. The third kappa shape index (κ3) is 7.23. The van der Waals surface area contributed by atoms with E-state index in [1.807, 2.05) is 78.9 Å². The highest BCUT2D eigenvalue weighted by Gasteiger charge is 2.15. The Morgan fingerprint density at radius 2 is 1.46 bits per heavy atom. The summed E-state index contributed by atoms with van der Waals surface area (Å²) >= 11 is 3.55. The molecule has 0 fully saturated rings. The van der Waals surface area contributed by atoms with Gasteiger partial charge in [0.15, 0.2) is 11.5 Å². The van der Waals surface area contributed by atoms with Crippen molar-refractivity contribution in [2.24, 2.45) is 0 Å². The summed E-state index contributed by atoms with van der Waals surface area (Å²) in [6.45, 7) is 0.699. The van der Waals surface area contributed by atoms with Crippen molar-refractivity contribution in [3.63, 3.8) is 0 Å². The molecule has 1 atom stereocenters. The zero-order valence-electron chi connectivity index (χ0n) is 20.5. The number of hydrogen-bond acceptors (Lipinski definition) is 5. The molecule has 0 heterocycles. The molecule has 0 aliphatic carbocycles. The van der Waals surface area contributed by atoms with E-state index in [2.05, 4.69) is 15.9 Å². The Balaban J connectivity index is 1.45. The molecule has 0 amide bonds. The van der Waals surface area contributed by atoms with E-state index in [4.69, 9.17) is 14.2 Å². The molecule has 0 bridgehead atoms. The van der Waals surface area contributed by atoms with Gasteiger partial charge in [0.1, 0.15) is 19.0 Å². The van der Waals surface area contributed by atoms with Crippen LogP contribution in [0.2, 0.25) is 0 Å². The molecule has 0 aromatic heterocycles. The Morgan fingerprint density at radius 3 is 2.08 bits per heavy atom. The number of halogens is 1. The molecule has 6 heteroatoms. The maximum absolute atomic E-state index is 10.9. The standard InChI is InChI=1S/C31H29BrO5/c1-35-30-17-27(28(32)18-31(30)37-21-23-10-6-3-7-11-23)29(34)15-13-24-12-14-26(16-25(24)19-33)36-20-22-8-4-2-5-9-22/h2-18,29,33-34H,19-21H2,1H3/b15-13+. The van der Waals surface area contributed by atoms with Gasteiger partial charge < -0.3 is 24.4 Å². The molecule has 4 rings (SSSR count). The van der Waals surface area contributed by atoms with E-state index in [-0.39, 0.29) is 6.61 Å². The van der Waals surface area contributed by atoms with Crippen LogP contribution in [0.1, 0.15) is 33.9 Å². The summed E-state index contributed by atoms with van der Waals surface area (Å²) in [5, 5.41) is 20.8. The van der Waals surface area contributed by atoms with Crippen molar-refractivity contribution in [1.29, 1.82) is 0 Å². The van der Waals surface area contributed by atoms with Crippen molar-refractivity contribution in [3.8, 4) is 17.2 Å². The number of benzene rings is 4. The van der Waals surface area contributed by atoms with Crippen LogP contribution in [0.15, 0.2) is 102 Å². The molecular weight excluding hydrogens is 532 g/mol. The fraction of sp³-hybridized carbons (Fsp3) is 0.161. The Kier molecular flexibility index (Phi) is 9.38. The normalized spacial score (nSPS) is 11.9. The maximum atomic E-state index is 10.9. The number of hydrogen-bond donors (Lipinski definition) is 2. The van der Waals surface area contributed by atoms with Gasteiger partial charge in [-0.1, -0.05) is 94.8 Å². The first-order valence-corrected chi connectivity index (χ1v) is 12.7. The van der Waals surface area contributed by atoms with Gasteiger partial charge in [-0.3, -0.25) is 0 Å². The van der Waals surface area contributed by atoms with Gasteiger partial charge in [0.25, 0.3) is 0 Å². The van der Waals surface area contributed by atoms with E-state index in [0.29, 0.717) is 46.1 Å². The zero-order valence-corrected chi connectivity index (χ0v) is 22.1. The van der Waals surface area contributed by atoms with Gasteiger partial charge in [0.05, 0.1) is 19.8 Å². The molecule has 0 radical (unpaired) electrons. The molecule has 5 nitrogen and oxygen atoms in total. The zero-order chi connectivity index (χ0) is 26.0. The average molecular weight is 561 g/mol. The quantitative estimate of drug-likeness (QED) is 0.210. The van der Waals surface area contributed by atoms with Gasteiger partial charge in [-0.2, -0.15) is 0 Å². The molecule has 0 spiro atoms. The molecule has 4 aromatic carbocycles. The largest absolute Gasteiger partial charge is 0.493 e. The maximum Gasteiger partial charge on any atom is 0.162 e. The van der Waals surface area contributed by atoms with E-state index in [1.54, 1.807) is 31.4 Å². The number of rotatable bonds is 11. The van der Waals surface area contributed by atoms with E-state index in [1.165, 1.54) is 0 Å². The van der Waals surface area contributed by atoms with Crippen LogP contribution in [-0.4, -0.2) is 17.3 Å². The van der Waals surface area contributed by atoms with Crippen molar-refractivity contribution in [3.05, 3.63) is 129 Å². The Bertz CT molecular complexity index is 1320. The van der Waals surface area contributed by atoms with Crippen LogP contribution in [0.3, 0.4) is 0 Å². The number of aliphatic hydroxyl groups excluding tert-OH is 2. The minimum absolute atomic E-state index is 0.150. The van der Waals surface area contributed by atoms with Crippen LogP contribution in [0.25, 0.3) is 6.08 Å². The van der Waals surface area contributed by atoms with Crippen LogP contribution in [0, 0.1) is 0 Å². The summed E-state index contributed by atoms with van der Waals surface area (Å²) in [5.74, 6) is 1.77. The third-order valence-corrected chi connectivity index (χ3v) is 6.52. The van der Waals surface area contributed by atoms with Crippen LogP contribution >= 0.6 is 15.9 Å². The van der Waals surface area contributed by atoms with Crippen LogP contribution in [0.4, 0.5) is 0 Å². The van der Waals surface area contributed by atoms with E-state index >= 15 is 0 Å². The topological polar surface area (TPSA) is 68.2 Å². The van der Waals surface area contributed by atoms with Crippen molar-refractivity contribution in [2.75, 3.05) is 7.11 Å². The fourth-order valence-electron chi connectivity index (χ4n) is 3.80. The lowest BCUT2D eigenvalue weighted by Gasteiger charge is -2.16. The molecule has 1 unspecified atom stereocenters. The monoisotopic (exact) mass is 560 g/mol. The summed E-state index contributed by atoms with van der Waals surface area (Å²) in [5.41, 5.74) is 4.24. The second-order valence-corrected chi connectivity index (χ2v) is 9.25. The molecule has 0 saturated carbocycles. The van der Waals surface area contributed by atoms with Crippen molar-refractivity contribution < 1.29 is 24.4 Å². The van der Waals surface area contributed by atoms with Gasteiger partial charge in [-0.15, -0.1) is 0 Å². The highest BCUT2D eigenvalue weighted by atomic mass is 79.9. The molecular formula is C31H29BrO5. The van der Waals surface area contributed by atoms with Gasteiger partial charge in [0.2, 0.25) is 0 Å². The van der Waals surface area contributed by atoms with Gasteiger partial charge in [-0.05, 0) is 46.5 Å². The number of methoxy groups -OCH3 is 1. The lowest BCUT2D eigenvalue weighted by Crippen LogP contribution is -2.01. The van der Waals surface area contributed by atoms with Crippen LogP contribution in [0.5, 0.6) is 17.2 Å². The minimum Gasteiger partial charge on any atom is -0.493 e. The Labute approximate surface area is 225 Å². The summed E-state index contributed by atoms with van der Waals surface area (Å²) in [4.78, 5) is 0. The summed E-state index contributed by atoms with van der Waals surface area (Å²) < 4.78 is 18.0. The summed E-state index contributed by atoms with van der Waals surface area (Å²) in [7, 11) is 1.57. The SMILES string of the molecule is COc1cc(C(O)/C=C/c2ccc(OCc3ccccc3)cc2CO)c(Br)cc1OCc1ccccc1. The van der Waals surface area contributed by atoms with Crippen LogP contribution < -0.4 is 14.2 Å². The Morgan fingerprint density at radius 1 is 0.811 bits per heavy atom. The lowest BCUT2D eigenvalue weighted by atomic mass is 10.0. The molecule has 190 valence electrons. The van der Waals surface area contributed by atoms with Gasteiger partial charge >= 0.3 is 0 Å². The summed E-state index contributed by atoms with van der Waals surface area (Å²) in [6, 6.07) is 28.9. The predicted octanol–water partition coefficient (Wildman–Crippen LogP) is 6.85. The minimum atomic E-state index is -0.910. The van der Waals surface area contributed by atoms with Crippen LogP contribution in [-0.2, 0) is 19.8 Å². The molecule has 0 aliphatic rings.